The lowest BCUT2D eigenvalue weighted by Crippen LogP contribution is -2.59. The van der Waals surface area contributed by atoms with E-state index in [4.69, 9.17) is 16.6 Å². The van der Waals surface area contributed by atoms with Gasteiger partial charge in [-0.05, 0) is 38.0 Å². The summed E-state index contributed by atoms with van der Waals surface area (Å²) >= 11 is 0. The van der Waals surface area contributed by atoms with E-state index in [1.54, 1.807) is 13.8 Å². The summed E-state index contributed by atoms with van der Waals surface area (Å²) < 4.78 is 0. The van der Waals surface area contributed by atoms with Crippen molar-refractivity contribution in [2.45, 2.75) is 95.0 Å². The molecule has 2 heterocycles. The second-order valence-electron chi connectivity index (χ2n) is 11.5. The zero-order valence-corrected chi connectivity index (χ0v) is 25.3. The highest BCUT2D eigenvalue weighted by Crippen LogP contribution is 2.26. The summed E-state index contributed by atoms with van der Waals surface area (Å²) in [7, 11) is 0. The number of rotatable bonds is 16. The second-order valence-corrected chi connectivity index (χ2v) is 11.5. The maximum Gasteiger partial charge on any atom is 0.326 e. The van der Waals surface area contributed by atoms with Crippen LogP contribution in [-0.4, -0.2) is 128 Å². The Morgan fingerprint density at radius 2 is 1.42 bits per heavy atom. The number of aliphatic carboxylic acids is 2. The highest BCUT2D eigenvalue weighted by Gasteiger charge is 2.44. The number of carboxylic acids is 2. The van der Waals surface area contributed by atoms with E-state index in [2.05, 4.69) is 16.0 Å². The van der Waals surface area contributed by atoms with Gasteiger partial charge < -0.3 is 52.5 Å². The first-order valence-corrected chi connectivity index (χ1v) is 14.7. The Bertz CT molecular complexity index is 1160. The molecule has 6 amide bonds. The van der Waals surface area contributed by atoms with Gasteiger partial charge in [0.2, 0.25) is 35.4 Å². The van der Waals surface area contributed by atoms with Crippen LogP contribution in [0.1, 0.15) is 58.8 Å². The minimum Gasteiger partial charge on any atom is -0.481 e. The van der Waals surface area contributed by atoms with Gasteiger partial charge in [-0.1, -0.05) is 13.8 Å². The lowest BCUT2D eigenvalue weighted by Gasteiger charge is -2.33. The summed E-state index contributed by atoms with van der Waals surface area (Å²) in [6.45, 7) is 2.66. The van der Waals surface area contributed by atoms with Crippen molar-refractivity contribution in [1.82, 2.24) is 25.8 Å². The van der Waals surface area contributed by atoms with Gasteiger partial charge in [0.25, 0.3) is 0 Å². The fraction of sp³-hybridized carbons (Fsp3) is 0.704. The molecule has 2 saturated heterocycles. The van der Waals surface area contributed by atoms with Gasteiger partial charge in [0.1, 0.15) is 30.2 Å². The van der Waals surface area contributed by atoms with Crippen LogP contribution in [0.5, 0.6) is 0 Å². The summed E-state index contributed by atoms with van der Waals surface area (Å²) in [6, 6.07) is -7.66. The number of carboxylic acid groups (broad SMARTS) is 2. The summed E-state index contributed by atoms with van der Waals surface area (Å²) in [5.74, 6) is -7.73. The Hall–Kier alpha value is -4.32. The SMILES string of the molecule is CC(C)[C@H](NC(=O)[C@@H]1CCCN1C(=O)[C@@H]1CCCN1C(=O)[C@H](CCC(N)=O)NC(=O)[C@H](CO)NC(=O)[C@@H](N)CC(=O)O)C(=O)O. The predicted octanol–water partition coefficient (Wildman–Crippen LogP) is -3.78. The van der Waals surface area contributed by atoms with Crippen molar-refractivity contribution in [3.05, 3.63) is 0 Å². The number of aliphatic hydroxyl groups excluding tert-OH is 1. The van der Waals surface area contributed by atoms with Crippen LogP contribution in [0.15, 0.2) is 0 Å². The van der Waals surface area contributed by atoms with Crippen molar-refractivity contribution in [1.29, 1.82) is 0 Å². The van der Waals surface area contributed by atoms with E-state index >= 15 is 0 Å². The van der Waals surface area contributed by atoms with E-state index in [9.17, 15) is 48.6 Å². The molecule has 2 aliphatic heterocycles. The van der Waals surface area contributed by atoms with Gasteiger partial charge in [-0.3, -0.25) is 33.6 Å². The largest absolute Gasteiger partial charge is 0.481 e. The maximum absolute atomic E-state index is 13.7. The summed E-state index contributed by atoms with van der Waals surface area (Å²) in [6.07, 6.45) is 0.0737. The highest BCUT2D eigenvalue weighted by atomic mass is 16.4. The Labute approximate surface area is 259 Å². The Kier molecular flexibility index (Phi) is 13.7. The van der Waals surface area contributed by atoms with Crippen LogP contribution in [0.2, 0.25) is 0 Å². The van der Waals surface area contributed by atoms with Crippen LogP contribution in [-0.2, 0) is 38.4 Å². The van der Waals surface area contributed by atoms with Gasteiger partial charge in [0.15, 0.2) is 0 Å². The van der Waals surface area contributed by atoms with Crippen molar-refractivity contribution >= 4 is 47.4 Å². The molecule has 252 valence electrons. The molecule has 0 bridgehead atoms. The number of primary amides is 1. The molecule has 0 saturated carbocycles. The number of nitrogens with one attached hydrogen (secondary N) is 3. The predicted molar refractivity (Wildman–Crippen MR) is 153 cm³/mol. The molecule has 0 aromatic carbocycles. The van der Waals surface area contributed by atoms with Crippen molar-refractivity contribution < 1.29 is 53.7 Å². The number of hydrogen-bond acceptors (Lipinski definition) is 10. The minimum atomic E-state index is -1.62. The number of aliphatic hydroxyl groups is 1. The molecule has 0 aromatic rings. The van der Waals surface area contributed by atoms with Gasteiger partial charge in [-0.15, -0.1) is 0 Å². The van der Waals surface area contributed by atoms with Crippen LogP contribution in [0.4, 0.5) is 0 Å². The lowest BCUT2D eigenvalue weighted by atomic mass is 10.0. The molecule has 0 aromatic heterocycles. The van der Waals surface area contributed by atoms with E-state index < -0.39 is 103 Å². The van der Waals surface area contributed by atoms with Gasteiger partial charge in [0.05, 0.1) is 19.1 Å². The number of nitrogens with two attached hydrogens (primary N) is 2. The molecule has 0 spiro atoms. The van der Waals surface area contributed by atoms with Crippen LogP contribution in [0.3, 0.4) is 0 Å². The molecule has 45 heavy (non-hydrogen) atoms. The average molecular weight is 642 g/mol. The molecule has 10 N–H and O–H groups in total. The number of likely N-dealkylation sites (tertiary alicyclic amines) is 2. The number of nitrogens with zero attached hydrogens (tertiary/aromatic N) is 2. The first kappa shape index (κ1) is 36.9. The Morgan fingerprint density at radius 3 is 1.96 bits per heavy atom. The van der Waals surface area contributed by atoms with Crippen molar-refractivity contribution in [3.63, 3.8) is 0 Å². The quantitative estimate of drug-likeness (QED) is 0.0806. The Balaban J connectivity index is 2.20. The summed E-state index contributed by atoms with van der Waals surface area (Å²) in [4.78, 5) is 102. The minimum absolute atomic E-state index is 0.113. The third-order valence-corrected chi connectivity index (χ3v) is 7.73. The Morgan fingerprint density at radius 1 is 0.844 bits per heavy atom. The molecule has 2 aliphatic rings. The standard InChI is InChI=1S/C27H43N7O11/c1-13(2)21(27(44)45)32-24(41)17-5-3-9-33(17)26(43)18-6-4-10-34(18)25(42)15(7-8-19(29)36)30-23(40)16(12-35)31-22(39)14(28)11-20(37)38/h13-18,21,35H,3-12,28H2,1-2H3,(H2,29,36)(H,30,40)(H,31,39)(H,32,41)(H,37,38)(H,44,45)/t14-,15-,16-,17-,18-,21-/m0/s1. The molecule has 0 aliphatic carbocycles. The molecular formula is C27H43N7O11. The third kappa shape index (κ3) is 10.1. The maximum atomic E-state index is 13.7. The molecular weight excluding hydrogens is 598 g/mol. The molecule has 6 atom stereocenters. The van der Waals surface area contributed by atoms with Crippen molar-refractivity contribution in [3.8, 4) is 0 Å². The van der Waals surface area contributed by atoms with E-state index in [1.165, 1.54) is 9.80 Å². The van der Waals surface area contributed by atoms with E-state index in [0.717, 1.165) is 0 Å². The van der Waals surface area contributed by atoms with Crippen molar-refractivity contribution in [2.75, 3.05) is 19.7 Å². The van der Waals surface area contributed by atoms with Crippen molar-refractivity contribution in [2.24, 2.45) is 17.4 Å². The average Bonchev–Trinajstić information content (AvgIpc) is 3.65. The number of carbonyl (C=O) groups excluding carboxylic acids is 6. The summed E-state index contributed by atoms with van der Waals surface area (Å²) in [5, 5.41) is 35.0. The van der Waals surface area contributed by atoms with Gasteiger partial charge >= 0.3 is 11.9 Å². The lowest BCUT2D eigenvalue weighted by molar-refractivity contribution is -0.149. The van der Waals surface area contributed by atoms with Gasteiger partial charge in [-0.25, -0.2) is 4.79 Å². The molecule has 18 nitrogen and oxygen atoms in total. The number of amides is 6. The van der Waals surface area contributed by atoms with Crippen LogP contribution in [0.25, 0.3) is 0 Å². The fourth-order valence-corrected chi connectivity index (χ4v) is 5.31. The summed E-state index contributed by atoms with van der Waals surface area (Å²) in [5.41, 5.74) is 10.8. The number of hydrogen-bond donors (Lipinski definition) is 8. The fourth-order valence-electron chi connectivity index (χ4n) is 5.31. The van der Waals surface area contributed by atoms with E-state index in [-0.39, 0.29) is 32.4 Å². The molecule has 0 radical (unpaired) electrons. The molecule has 2 rings (SSSR count). The second kappa shape index (κ2) is 16.7. The molecule has 2 fully saturated rings. The smallest absolute Gasteiger partial charge is 0.326 e. The zero-order valence-electron chi connectivity index (χ0n) is 25.3. The molecule has 0 unspecified atom stereocenters. The van der Waals surface area contributed by atoms with Gasteiger partial charge in [-0.2, -0.15) is 0 Å². The molecule has 18 heteroatoms. The topological polar surface area (TPSA) is 292 Å². The first-order valence-electron chi connectivity index (χ1n) is 14.7. The zero-order chi connectivity index (χ0) is 34.0. The van der Waals surface area contributed by atoms with Gasteiger partial charge in [0, 0.05) is 19.5 Å². The van der Waals surface area contributed by atoms with E-state index in [0.29, 0.717) is 19.3 Å². The first-order chi connectivity index (χ1) is 21.1. The van der Waals surface area contributed by atoms with Crippen LogP contribution >= 0.6 is 0 Å². The van der Waals surface area contributed by atoms with Crippen LogP contribution in [0, 0.1) is 5.92 Å². The number of carbonyl (C=O) groups is 8. The third-order valence-electron chi connectivity index (χ3n) is 7.73. The normalized spacial score (nSPS) is 20.6. The van der Waals surface area contributed by atoms with Crippen LogP contribution < -0.4 is 27.4 Å². The monoisotopic (exact) mass is 641 g/mol. The highest BCUT2D eigenvalue weighted by molar-refractivity contribution is 5.97. The van der Waals surface area contributed by atoms with E-state index in [1.807, 2.05) is 0 Å².